The number of hydrogen-bond donors (Lipinski definition) is 1. The van der Waals surface area contributed by atoms with Crippen LogP contribution in [0, 0.1) is 11.3 Å². The van der Waals surface area contributed by atoms with E-state index in [-0.39, 0.29) is 0 Å². The molecule has 0 bridgehead atoms. The van der Waals surface area contributed by atoms with E-state index in [1.54, 1.807) is 7.11 Å². The molecule has 0 saturated heterocycles. The summed E-state index contributed by atoms with van der Waals surface area (Å²) in [6, 6.07) is 2.31. The largest absolute Gasteiger partial charge is 0.385 e. The smallest absolute Gasteiger partial charge is 0.106 e. The number of nitriles is 1. The number of methoxy groups -OCH3 is 1. The van der Waals surface area contributed by atoms with Gasteiger partial charge in [-0.2, -0.15) is 5.26 Å². The Morgan fingerprint density at radius 1 is 1.38 bits per heavy atom. The van der Waals surface area contributed by atoms with Crippen molar-refractivity contribution in [3.05, 3.63) is 0 Å². The van der Waals surface area contributed by atoms with Gasteiger partial charge in [0.2, 0.25) is 0 Å². The van der Waals surface area contributed by atoms with Crippen molar-refractivity contribution in [1.82, 2.24) is 10.2 Å². The first kappa shape index (κ1) is 15.4. The van der Waals surface area contributed by atoms with Crippen LogP contribution in [0.15, 0.2) is 0 Å². The molecular weight excluding hydrogens is 202 g/mol. The first-order valence-electron chi connectivity index (χ1n) is 5.99. The van der Waals surface area contributed by atoms with E-state index in [2.05, 4.69) is 30.1 Å². The summed E-state index contributed by atoms with van der Waals surface area (Å²) in [6.07, 6.45) is 0.720. The van der Waals surface area contributed by atoms with Crippen molar-refractivity contribution in [1.29, 1.82) is 5.26 Å². The highest BCUT2D eigenvalue weighted by molar-refractivity contribution is 5.03. The highest BCUT2D eigenvalue weighted by Gasteiger charge is 2.22. The third-order valence-corrected chi connectivity index (χ3v) is 2.89. The molecule has 0 aliphatic rings. The third kappa shape index (κ3) is 6.06. The number of rotatable bonds is 9. The Kier molecular flexibility index (Phi) is 8.18. The summed E-state index contributed by atoms with van der Waals surface area (Å²) in [5, 5.41) is 12.4. The normalized spacial score (nSPS) is 14.8. The summed E-state index contributed by atoms with van der Waals surface area (Å²) in [5.41, 5.74) is -0.469. The summed E-state index contributed by atoms with van der Waals surface area (Å²) in [5.74, 6) is 0. The molecule has 0 aliphatic carbocycles. The molecule has 0 aromatic heterocycles. The molecule has 0 aliphatic heterocycles. The number of nitrogens with one attached hydrogen (secondary N) is 1. The van der Waals surface area contributed by atoms with Crippen LogP contribution in [0.2, 0.25) is 0 Å². The lowest BCUT2D eigenvalue weighted by atomic mass is 10.0. The maximum Gasteiger partial charge on any atom is 0.106 e. The van der Waals surface area contributed by atoms with Gasteiger partial charge in [-0.3, -0.25) is 5.32 Å². The van der Waals surface area contributed by atoms with Crippen molar-refractivity contribution in [2.24, 2.45) is 0 Å². The lowest BCUT2D eigenvalue weighted by Crippen LogP contribution is -2.45. The Morgan fingerprint density at radius 2 is 2.00 bits per heavy atom. The van der Waals surface area contributed by atoms with E-state index in [9.17, 15) is 0 Å². The molecule has 0 radical (unpaired) electrons. The Bertz CT molecular complexity index is 211. The molecule has 1 unspecified atom stereocenters. The van der Waals surface area contributed by atoms with Gasteiger partial charge in [-0.25, -0.2) is 0 Å². The molecule has 0 saturated carbocycles. The van der Waals surface area contributed by atoms with E-state index in [0.717, 1.165) is 32.6 Å². The predicted molar refractivity (Wildman–Crippen MR) is 66.3 cm³/mol. The monoisotopic (exact) mass is 227 g/mol. The van der Waals surface area contributed by atoms with Gasteiger partial charge < -0.3 is 9.64 Å². The maximum absolute atomic E-state index is 9.11. The Balaban J connectivity index is 3.90. The lowest BCUT2D eigenvalue weighted by molar-refractivity contribution is 0.172. The molecule has 4 heteroatoms. The second-order valence-corrected chi connectivity index (χ2v) is 4.14. The first-order valence-corrected chi connectivity index (χ1v) is 5.99. The van der Waals surface area contributed by atoms with E-state index < -0.39 is 5.54 Å². The summed E-state index contributed by atoms with van der Waals surface area (Å²) in [6.45, 7) is 10.8. The Hall–Kier alpha value is -0.630. The van der Waals surface area contributed by atoms with Crippen LogP contribution < -0.4 is 5.32 Å². The third-order valence-electron chi connectivity index (χ3n) is 2.89. The number of likely N-dealkylation sites (N-methyl/N-ethyl adjacent to an activating group) is 1. The fraction of sp³-hybridized carbons (Fsp3) is 0.917. The summed E-state index contributed by atoms with van der Waals surface area (Å²) < 4.78 is 5.01. The minimum absolute atomic E-state index is 0.469. The number of hydrogen-bond acceptors (Lipinski definition) is 4. The molecule has 0 aromatic carbocycles. The molecule has 0 rings (SSSR count). The molecular formula is C12H25N3O. The summed E-state index contributed by atoms with van der Waals surface area (Å²) in [7, 11) is 1.66. The first-order chi connectivity index (χ1) is 7.61. The molecule has 0 fully saturated rings. The zero-order chi connectivity index (χ0) is 12.4. The maximum atomic E-state index is 9.11. The highest BCUT2D eigenvalue weighted by atomic mass is 16.5. The van der Waals surface area contributed by atoms with Crippen molar-refractivity contribution >= 4 is 0 Å². The standard InChI is InChI=1S/C12H25N3O/c1-5-15(6-2)9-8-14-12(3,11-13)7-10-16-4/h14H,5-10H2,1-4H3. The quantitative estimate of drug-likeness (QED) is 0.644. The topological polar surface area (TPSA) is 48.3 Å². The molecule has 4 nitrogen and oxygen atoms in total. The van der Waals surface area contributed by atoms with E-state index in [1.807, 2.05) is 6.92 Å². The number of nitrogens with zero attached hydrogens (tertiary/aromatic N) is 2. The minimum atomic E-state index is -0.469. The van der Waals surface area contributed by atoms with Gasteiger partial charge in [0.1, 0.15) is 5.54 Å². The summed E-state index contributed by atoms with van der Waals surface area (Å²) >= 11 is 0. The predicted octanol–water partition coefficient (Wildman–Crippen LogP) is 1.24. The second kappa shape index (κ2) is 8.51. The van der Waals surface area contributed by atoms with Gasteiger partial charge in [0, 0.05) is 33.2 Å². The van der Waals surface area contributed by atoms with E-state index in [0.29, 0.717) is 6.61 Å². The van der Waals surface area contributed by atoms with Gasteiger partial charge in [0.15, 0.2) is 0 Å². The molecule has 94 valence electrons. The van der Waals surface area contributed by atoms with Gasteiger partial charge in [-0.1, -0.05) is 13.8 Å². The Morgan fingerprint density at radius 3 is 2.44 bits per heavy atom. The van der Waals surface area contributed by atoms with Crippen LogP contribution in [-0.2, 0) is 4.74 Å². The van der Waals surface area contributed by atoms with Crippen LogP contribution in [-0.4, -0.2) is 50.3 Å². The van der Waals surface area contributed by atoms with E-state index >= 15 is 0 Å². The molecule has 0 heterocycles. The van der Waals surface area contributed by atoms with Gasteiger partial charge in [0.05, 0.1) is 6.07 Å². The molecule has 16 heavy (non-hydrogen) atoms. The van der Waals surface area contributed by atoms with Gasteiger partial charge in [0.25, 0.3) is 0 Å². The average molecular weight is 227 g/mol. The molecule has 1 atom stereocenters. The van der Waals surface area contributed by atoms with Crippen molar-refractivity contribution < 1.29 is 4.74 Å². The van der Waals surface area contributed by atoms with Crippen LogP contribution in [0.1, 0.15) is 27.2 Å². The van der Waals surface area contributed by atoms with Crippen molar-refractivity contribution in [3.8, 4) is 6.07 Å². The Labute approximate surface area is 99.6 Å². The molecule has 0 amide bonds. The van der Waals surface area contributed by atoms with E-state index in [1.165, 1.54) is 0 Å². The average Bonchev–Trinajstić information content (AvgIpc) is 2.32. The van der Waals surface area contributed by atoms with Gasteiger partial charge >= 0.3 is 0 Å². The fourth-order valence-corrected chi connectivity index (χ4v) is 1.52. The molecule has 0 spiro atoms. The zero-order valence-corrected chi connectivity index (χ0v) is 11.0. The fourth-order valence-electron chi connectivity index (χ4n) is 1.52. The number of ether oxygens (including phenoxy) is 1. The van der Waals surface area contributed by atoms with Gasteiger partial charge in [-0.15, -0.1) is 0 Å². The van der Waals surface area contributed by atoms with Crippen LogP contribution in [0.4, 0.5) is 0 Å². The van der Waals surface area contributed by atoms with Crippen molar-refractivity contribution in [2.75, 3.05) is 39.9 Å². The SMILES string of the molecule is CCN(CC)CCNC(C)(C#N)CCOC. The summed E-state index contributed by atoms with van der Waals surface area (Å²) in [4.78, 5) is 2.33. The van der Waals surface area contributed by atoms with E-state index in [4.69, 9.17) is 10.00 Å². The van der Waals surface area contributed by atoms with Crippen LogP contribution in [0.5, 0.6) is 0 Å². The van der Waals surface area contributed by atoms with Crippen LogP contribution in [0.25, 0.3) is 0 Å². The van der Waals surface area contributed by atoms with Crippen molar-refractivity contribution in [2.45, 2.75) is 32.7 Å². The van der Waals surface area contributed by atoms with Crippen LogP contribution in [0.3, 0.4) is 0 Å². The molecule has 0 aromatic rings. The van der Waals surface area contributed by atoms with Crippen molar-refractivity contribution in [3.63, 3.8) is 0 Å². The highest BCUT2D eigenvalue weighted by Crippen LogP contribution is 2.07. The molecule has 1 N–H and O–H groups in total. The second-order valence-electron chi connectivity index (χ2n) is 4.14. The lowest BCUT2D eigenvalue weighted by Gasteiger charge is -2.25. The zero-order valence-electron chi connectivity index (χ0n) is 11.0. The van der Waals surface area contributed by atoms with Crippen LogP contribution >= 0.6 is 0 Å². The van der Waals surface area contributed by atoms with Gasteiger partial charge in [-0.05, 0) is 20.0 Å². The minimum Gasteiger partial charge on any atom is -0.385 e.